The molecule has 2 rings (SSSR count). The van der Waals surface area contributed by atoms with Crippen LogP contribution in [0.15, 0.2) is 48.5 Å². The van der Waals surface area contributed by atoms with Crippen LogP contribution in [-0.2, 0) is 17.7 Å². The van der Waals surface area contributed by atoms with Crippen LogP contribution in [0.4, 0.5) is 0 Å². The number of ether oxygens (including phenoxy) is 1. The summed E-state index contributed by atoms with van der Waals surface area (Å²) in [5.41, 5.74) is -1.34. The lowest BCUT2D eigenvalue weighted by molar-refractivity contribution is 0.126. The summed E-state index contributed by atoms with van der Waals surface area (Å²) in [6, 6.07) is 5.36. The van der Waals surface area contributed by atoms with Crippen molar-refractivity contribution in [3.05, 3.63) is 65.1 Å². The van der Waals surface area contributed by atoms with Gasteiger partial charge in [-0.25, -0.2) is 0 Å². The summed E-state index contributed by atoms with van der Waals surface area (Å²) in [6.45, 7) is -15.4. The van der Waals surface area contributed by atoms with Gasteiger partial charge in [-0.2, -0.15) is 0 Å². The second-order valence-corrected chi connectivity index (χ2v) is 5.83. The van der Waals surface area contributed by atoms with Gasteiger partial charge in [-0.05, 0) is 61.7 Å². The largest absolute Gasteiger partial charge is 0.508 e. The second kappa shape index (κ2) is 15.0. The topological polar surface area (TPSA) is 82.0 Å². The van der Waals surface area contributed by atoms with Crippen LogP contribution in [0.1, 0.15) is 87.2 Å². The zero-order valence-corrected chi connectivity index (χ0v) is 16.0. The van der Waals surface area contributed by atoms with Gasteiger partial charge < -0.3 is 25.4 Å². The normalized spacial score (nSPS) is 25.3. The number of aliphatic hydroxyl groups is 2. The minimum atomic E-state index is -4.32. The lowest BCUT2D eigenvalue weighted by Crippen LogP contribution is -2.22. The van der Waals surface area contributed by atoms with Gasteiger partial charge in [-0.3, -0.25) is 0 Å². The Balaban J connectivity index is 2.35. The molecule has 0 heterocycles. The van der Waals surface area contributed by atoms with Crippen molar-refractivity contribution in [3.63, 3.8) is 0 Å². The Morgan fingerprint density at radius 1 is 1.03 bits per heavy atom. The van der Waals surface area contributed by atoms with E-state index in [0.29, 0.717) is 6.42 Å². The molecular formula is C25H37NO4. The third-order valence-electron chi connectivity index (χ3n) is 3.65. The molecule has 0 amide bonds. The predicted octanol–water partition coefficient (Wildman–Crippen LogP) is 4.11. The van der Waals surface area contributed by atoms with Gasteiger partial charge in [0.25, 0.3) is 0 Å². The molecular weight excluding hydrogens is 378 g/mol. The lowest BCUT2D eigenvalue weighted by Gasteiger charge is -2.14. The van der Waals surface area contributed by atoms with E-state index in [-0.39, 0.29) is 6.42 Å². The molecule has 5 heteroatoms. The molecule has 0 aliphatic rings. The molecule has 0 aliphatic carbocycles. The van der Waals surface area contributed by atoms with E-state index >= 15 is 0 Å². The quantitative estimate of drug-likeness (QED) is 0.320. The van der Waals surface area contributed by atoms with E-state index in [1.54, 1.807) is 35.6 Å². The van der Waals surface area contributed by atoms with Crippen molar-refractivity contribution in [2.75, 3.05) is 26.2 Å². The third-order valence-corrected chi connectivity index (χ3v) is 3.65. The van der Waals surface area contributed by atoms with E-state index in [1.165, 1.54) is 0 Å². The van der Waals surface area contributed by atoms with Gasteiger partial charge in [0, 0.05) is 38.9 Å². The van der Waals surface area contributed by atoms with Crippen molar-refractivity contribution in [1.82, 2.24) is 5.32 Å². The molecule has 2 aromatic carbocycles. The Kier molecular flexibility index (Phi) is 4.44. The van der Waals surface area contributed by atoms with E-state index in [1.807, 2.05) is 0 Å². The number of aryl methyl sites for hydroxylation is 1. The first kappa shape index (κ1) is 8.91. The maximum atomic E-state index is 10.7. The van der Waals surface area contributed by atoms with Crippen molar-refractivity contribution in [1.29, 1.82) is 0 Å². The molecule has 30 heavy (non-hydrogen) atoms. The molecule has 166 valence electrons. The number of hydrogen-bond donors (Lipinski definition) is 4. The summed E-state index contributed by atoms with van der Waals surface area (Å²) in [5, 5.41) is 32.1. The van der Waals surface area contributed by atoms with Gasteiger partial charge in [0.15, 0.2) is 0 Å². The Morgan fingerprint density at radius 2 is 1.83 bits per heavy atom. The van der Waals surface area contributed by atoms with Gasteiger partial charge >= 0.3 is 0 Å². The smallest absolute Gasteiger partial charge is 0.121 e. The third kappa shape index (κ3) is 9.72. The van der Waals surface area contributed by atoms with Gasteiger partial charge in [0.05, 0.1) is 25.0 Å². The van der Waals surface area contributed by atoms with E-state index in [2.05, 4.69) is 0 Å². The molecule has 4 N–H and O–H groups in total. The van der Waals surface area contributed by atoms with Crippen molar-refractivity contribution in [3.8, 4) is 5.75 Å². The molecule has 0 bridgehead atoms. The van der Waals surface area contributed by atoms with Crippen LogP contribution in [0.3, 0.4) is 0 Å². The summed E-state index contributed by atoms with van der Waals surface area (Å²) >= 11 is 0. The number of rotatable bonds is 16. The average Bonchev–Trinajstić information content (AvgIpc) is 2.93. The number of benzene rings is 2. The van der Waals surface area contributed by atoms with Crippen molar-refractivity contribution >= 4 is 0 Å². The predicted molar refractivity (Wildman–Crippen MR) is 121 cm³/mol. The van der Waals surface area contributed by atoms with Crippen LogP contribution in [0.25, 0.3) is 0 Å². The second-order valence-electron chi connectivity index (χ2n) is 5.83. The molecule has 0 spiro atoms. The summed E-state index contributed by atoms with van der Waals surface area (Å²) in [5.74, 6) is -1.30. The number of aliphatic hydroxyl groups excluding tert-OH is 1. The standard InChI is InChI=1S/C25H37NO4/c27-20-23-18-22(13-14-24(23)28)25(29)19-26-15-7-1-2-8-16-30-17-9-6-12-21-10-4-3-5-11-21/h3-5,10-11,13-14,18,25-29H,1-2,6-9,12,15-17,19-20H2/i1D2,2D2,7D2,8D2,13D,14D,15D2,16D2,17D2,18D,20D2. The molecule has 0 aromatic heterocycles. The first-order valence-electron chi connectivity index (χ1n) is 18.5. The summed E-state index contributed by atoms with van der Waals surface area (Å²) < 4.78 is 158. The van der Waals surface area contributed by atoms with Gasteiger partial charge in [-0.1, -0.05) is 49.1 Å². The van der Waals surface area contributed by atoms with E-state index in [4.69, 9.17) is 30.8 Å². The Hall–Kier alpha value is -1.92. The maximum Gasteiger partial charge on any atom is 0.121 e. The highest BCUT2D eigenvalue weighted by molar-refractivity contribution is 5.36. The van der Waals surface area contributed by atoms with Crippen LogP contribution in [0.2, 0.25) is 0 Å². The van der Waals surface area contributed by atoms with E-state index in [0.717, 1.165) is 5.56 Å². The van der Waals surface area contributed by atoms with Gasteiger partial charge in [0.1, 0.15) is 5.75 Å². The van der Waals surface area contributed by atoms with Gasteiger partial charge in [0.2, 0.25) is 0 Å². The highest BCUT2D eigenvalue weighted by Gasteiger charge is 2.09. The fraction of sp³-hybridized carbons (Fsp3) is 0.520. The summed E-state index contributed by atoms with van der Waals surface area (Å²) in [7, 11) is 0. The van der Waals surface area contributed by atoms with Crippen molar-refractivity contribution < 1.29 is 46.1 Å². The van der Waals surface area contributed by atoms with Crippen LogP contribution >= 0.6 is 0 Å². The molecule has 1 unspecified atom stereocenters. The highest BCUT2D eigenvalue weighted by Crippen LogP contribution is 2.22. The zero-order chi connectivity index (χ0) is 38.4. The molecule has 0 aliphatic heterocycles. The Labute approximate surface area is 207 Å². The fourth-order valence-electron chi connectivity index (χ4n) is 2.20. The monoisotopic (exact) mass is 434 g/mol. The van der Waals surface area contributed by atoms with Gasteiger partial charge in [-0.15, -0.1) is 0 Å². The number of hydrogen-bond acceptors (Lipinski definition) is 5. The number of phenols is 1. The van der Waals surface area contributed by atoms with Crippen molar-refractivity contribution in [2.24, 2.45) is 0 Å². The number of nitrogens with one attached hydrogen (secondary N) is 1. The van der Waals surface area contributed by atoms with Crippen LogP contribution in [-0.4, -0.2) is 41.5 Å². The van der Waals surface area contributed by atoms with Crippen molar-refractivity contribution in [2.45, 2.75) is 57.4 Å². The summed E-state index contributed by atoms with van der Waals surface area (Å²) in [6.07, 6.45) is -19.4. The van der Waals surface area contributed by atoms with Crippen LogP contribution < -0.4 is 5.32 Å². The van der Waals surface area contributed by atoms with E-state index in [9.17, 15) is 15.3 Å². The summed E-state index contributed by atoms with van der Waals surface area (Å²) in [4.78, 5) is 0. The molecule has 2 aromatic rings. The first-order chi connectivity index (χ1) is 21.8. The van der Waals surface area contributed by atoms with Crippen LogP contribution in [0.5, 0.6) is 5.75 Å². The Morgan fingerprint density at radius 3 is 2.63 bits per heavy atom. The highest BCUT2D eigenvalue weighted by atomic mass is 16.5. The SMILES string of the molecule is [2H]c1c([2H])c(C(O)CNC([2H])([2H])C([2H])([2H])C([2H])([2H])C([2H])([2H])C([2H])([2H])C([2H])([2H])OC([2H])([2H])CCCc2ccccc2)c([2H])c(C([2H])([2H])O)c1O. The maximum absolute atomic E-state index is 10.7. The molecule has 5 nitrogen and oxygen atoms in total. The zero-order valence-electron chi connectivity index (χ0n) is 35.0. The Bertz CT molecular complexity index is 1460. The minimum absolute atomic E-state index is 0.0785. The molecule has 0 saturated heterocycles. The molecule has 0 radical (unpaired) electrons. The fourth-order valence-corrected chi connectivity index (χ4v) is 2.20. The first-order valence-corrected chi connectivity index (χ1v) is 9.03. The van der Waals surface area contributed by atoms with E-state index < -0.39 is 106 Å². The minimum Gasteiger partial charge on any atom is -0.508 e. The lowest BCUT2D eigenvalue weighted by atomic mass is 10.1. The van der Waals surface area contributed by atoms with Crippen LogP contribution in [0, 0.1) is 0 Å². The molecule has 0 fully saturated rings. The average molecular weight is 435 g/mol. The molecule has 0 saturated carbocycles. The molecule has 1 atom stereocenters. The number of aromatic hydroxyl groups is 1.